The number of aromatic nitrogens is 1. The van der Waals surface area contributed by atoms with Gasteiger partial charge in [0, 0.05) is 5.56 Å². The molecule has 8 heteroatoms. The number of methoxy groups -OCH3 is 1. The fourth-order valence-corrected chi connectivity index (χ4v) is 4.30. The molecule has 31 heavy (non-hydrogen) atoms. The van der Waals surface area contributed by atoms with Gasteiger partial charge in [0.2, 0.25) is 5.91 Å². The molecule has 4 rings (SSSR count). The number of para-hydroxylation sites is 1. The molecule has 0 spiro atoms. The Kier molecular flexibility index (Phi) is 5.99. The summed E-state index contributed by atoms with van der Waals surface area (Å²) < 4.78 is 13.2. The van der Waals surface area contributed by atoms with Crippen LogP contribution in [0.4, 0.5) is 0 Å². The smallest absolute Gasteiger partial charge is 0.279 e. The lowest BCUT2D eigenvalue weighted by Crippen LogP contribution is -2.34. The number of ether oxygens (including phenoxy) is 1. The van der Waals surface area contributed by atoms with E-state index in [1.54, 1.807) is 61.3 Å². The molecule has 2 heterocycles. The zero-order valence-corrected chi connectivity index (χ0v) is 17.9. The minimum atomic E-state index is -0.581. The van der Waals surface area contributed by atoms with Crippen molar-refractivity contribution < 1.29 is 18.7 Å². The molecule has 0 unspecified atom stereocenters. The van der Waals surface area contributed by atoms with E-state index in [1.807, 2.05) is 24.3 Å². The van der Waals surface area contributed by atoms with E-state index in [1.165, 1.54) is 11.3 Å². The molecule has 0 fully saturated rings. The first-order valence-corrected chi connectivity index (χ1v) is 10.5. The van der Waals surface area contributed by atoms with Crippen molar-refractivity contribution in [2.24, 2.45) is 4.99 Å². The number of carbonyl (C=O) groups is 2. The zero-order chi connectivity index (χ0) is 21.8. The number of nitrogens with one attached hydrogen (secondary N) is 1. The number of benzene rings is 2. The molecule has 158 valence electrons. The van der Waals surface area contributed by atoms with Crippen molar-refractivity contribution in [1.29, 1.82) is 0 Å². The molecular formula is C23H21N3O4S. The zero-order valence-electron chi connectivity index (χ0n) is 17.1. The molecular weight excluding hydrogens is 414 g/mol. The van der Waals surface area contributed by atoms with Gasteiger partial charge in [0.05, 0.1) is 30.1 Å². The number of nitrogens with zero attached hydrogens (tertiary/aromatic N) is 2. The van der Waals surface area contributed by atoms with Crippen LogP contribution in [0.25, 0.3) is 10.2 Å². The summed E-state index contributed by atoms with van der Waals surface area (Å²) in [6.07, 6.45) is 1.56. The molecule has 0 saturated heterocycles. The molecule has 2 aromatic carbocycles. The molecule has 7 nitrogen and oxygen atoms in total. The van der Waals surface area contributed by atoms with Gasteiger partial charge in [-0.15, -0.1) is 0 Å². The highest BCUT2D eigenvalue weighted by Gasteiger charge is 2.20. The Labute approximate surface area is 182 Å². The van der Waals surface area contributed by atoms with Crippen molar-refractivity contribution in [1.82, 2.24) is 9.88 Å². The van der Waals surface area contributed by atoms with E-state index >= 15 is 0 Å². The van der Waals surface area contributed by atoms with Gasteiger partial charge in [-0.2, -0.15) is 4.99 Å². The fraction of sp³-hybridized carbons (Fsp3) is 0.174. The van der Waals surface area contributed by atoms with Gasteiger partial charge in [-0.1, -0.05) is 29.5 Å². The minimum absolute atomic E-state index is 0.199. The van der Waals surface area contributed by atoms with Crippen molar-refractivity contribution in [3.05, 3.63) is 83.1 Å². The number of hydrogen-bond donors (Lipinski definition) is 1. The highest BCUT2D eigenvalue weighted by atomic mass is 32.1. The summed E-state index contributed by atoms with van der Waals surface area (Å²) in [7, 11) is 1.55. The average Bonchev–Trinajstić information content (AvgIpc) is 3.44. The van der Waals surface area contributed by atoms with Crippen LogP contribution in [0.2, 0.25) is 0 Å². The summed E-state index contributed by atoms with van der Waals surface area (Å²) in [6, 6.07) is 17.5. The van der Waals surface area contributed by atoms with Gasteiger partial charge >= 0.3 is 0 Å². The third-order valence-electron chi connectivity index (χ3n) is 4.83. The van der Waals surface area contributed by atoms with E-state index in [2.05, 4.69) is 10.3 Å². The van der Waals surface area contributed by atoms with Crippen LogP contribution in [0, 0.1) is 0 Å². The van der Waals surface area contributed by atoms with Gasteiger partial charge < -0.3 is 19.0 Å². The lowest BCUT2D eigenvalue weighted by molar-refractivity contribution is -0.124. The molecule has 0 radical (unpaired) electrons. The molecule has 1 atom stereocenters. The summed E-state index contributed by atoms with van der Waals surface area (Å²) >= 11 is 1.36. The topological polar surface area (TPSA) is 85.8 Å². The van der Waals surface area contributed by atoms with Crippen LogP contribution in [0.1, 0.15) is 29.1 Å². The molecule has 4 aromatic rings. The maximum Gasteiger partial charge on any atom is 0.279 e. The van der Waals surface area contributed by atoms with Crippen molar-refractivity contribution in [2.45, 2.75) is 19.5 Å². The Bertz CT molecular complexity index is 1290. The molecule has 0 aliphatic heterocycles. The molecule has 2 aromatic heterocycles. The summed E-state index contributed by atoms with van der Waals surface area (Å²) in [5, 5.41) is 2.87. The van der Waals surface area contributed by atoms with Crippen LogP contribution in [0.3, 0.4) is 0 Å². The number of hydrogen-bond acceptors (Lipinski definition) is 5. The van der Waals surface area contributed by atoms with E-state index in [0.717, 1.165) is 10.2 Å². The number of amides is 2. The second-order valence-electron chi connectivity index (χ2n) is 6.84. The summed E-state index contributed by atoms with van der Waals surface area (Å²) in [5.41, 5.74) is 1.25. The Hall–Kier alpha value is -3.65. The maximum atomic E-state index is 12.9. The van der Waals surface area contributed by atoms with Crippen LogP contribution in [0.15, 0.2) is 76.3 Å². The van der Waals surface area contributed by atoms with Gasteiger partial charge in [0.25, 0.3) is 5.91 Å². The van der Waals surface area contributed by atoms with Crippen LogP contribution < -0.4 is 14.9 Å². The third-order valence-corrected chi connectivity index (χ3v) is 5.87. The number of furan rings is 1. The van der Waals surface area contributed by atoms with Crippen LogP contribution in [0.5, 0.6) is 5.75 Å². The number of fused-ring (bicyclic) bond motifs is 1. The van der Waals surface area contributed by atoms with Gasteiger partial charge in [-0.25, -0.2) is 0 Å². The first-order chi connectivity index (χ1) is 15.1. The molecule has 1 N–H and O–H groups in total. The maximum absolute atomic E-state index is 12.9. The van der Waals surface area contributed by atoms with E-state index in [4.69, 9.17) is 9.15 Å². The van der Waals surface area contributed by atoms with Gasteiger partial charge in [0.15, 0.2) is 4.80 Å². The van der Waals surface area contributed by atoms with E-state index in [9.17, 15) is 9.59 Å². The van der Waals surface area contributed by atoms with Crippen molar-refractivity contribution in [3.63, 3.8) is 0 Å². The normalized spacial score (nSPS) is 12.6. The highest BCUT2D eigenvalue weighted by molar-refractivity contribution is 7.16. The van der Waals surface area contributed by atoms with Gasteiger partial charge in [0.1, 0.15) is 17.6 Å². The van der Waals surface area contributed by atoms with Gasteiger partial charge in [-0.3, -0.25) is 9.59 Å². The van der Waals surface area contributed by atoms with Crippen molar-refractivity contribution in [2.75, 3.05) is 7.11 Å². The molecule has 0 bridgehead atoms. The highest BCUT2D eigenvalue weighted by Crippen LogP contribution is 2.21. The first kappa shape index (κ1) is 20.6. The summed E-state index contributed by atoms with van der Waals surface area (Å²) in [5.74, 6) is 0.646. The van der Waals surface area contributed by atoms with Crippen LogP contribution in [-0.4, -0.2) is 23.5 Å². The molecule has 0 saturated carbocycles. The number of carbonyl (C=O) groups excluding carboxylic acids is 2. The summed E-state index contributed by atoms with van der Waals surface area (Å²) in [6.45, 7) is 2.07. The van der Waals surface area contributed by atoms with Crippen molar-refractivity contribution >= 4 is 33.4 Å². The molecule has 0 aliphatic carbocycles. The molecule has 2 amide bonds. The third kappa shape index (κ3) is 4.44. The lowest BCUT2D eigenvalue weighted by atomic mass is 10.2. The fourth-order valence-electron chi connectivity index (χ4n) is 3.20. The van der Waals surface area contributed by atoms with Crippen LogP contribution >= 0.6 is 11.3 Å². The SMILES string of the molecule is COc1cccc(C(=O)N=c2sc3ccccc3n2[C@H](C)C(=O)NCc2ccco2)c1. The average molecular weight is 436 g/mol. The standard InChI is InChI=1S/C23H21N3O4S/c1-15(21(27)24-14-18-9-6-12-30-18)26-19-10-3-4-11-20(19)31-23(26)25-22(28)16-7-5-8-17(13-16)29-2/h3-13,15H,14H2,1-2H3,(H,24,27)/t15-/m1/s1. The first-order valence-electron chi connectivity index (χ1n) is 9.70. The van der Waals surface area contributed by atoms with Crippen LogP contribution in [-0.2, 0) is 11.3 Å². The lowest BCUT2D eigenvalue weighted by Gasteiger charge is -2.14. The second-order valence-corrected chi connectivity index (χ2v) is 7.85. The quantitative estimate of drug-likeness (QED) is 0.497. The number of thiazole rings is 1. The Morgan fingerprint density at radius 2 is 2.00 bits per heavy atom. The van der Waals surface area contributed by atoms with E-state index < -0.39 is 11.9 Å². The Morgan fingerprint density at radius 3 is 2.77 bits per heavy atom. The monoisotopic (exact) mass is 435 g/mol. The predicted molar refractivity (Wildman–Crippen MR) is 118 cm³/mol. The van der Waals surface area contributed by atoms with Gasteiger partial charge in [-0.05, 0) is 49.4 Å². The Balaban J connectivity index is 1.70. The Morgan fingerprint density at radius 1 is 1.16 bits per heavy atom. The van der Waals surface area contributed by atoms with E-state index in [0.29, 0.717) is 21.9 Å². The predicted octanol–water partition coefficient (Wildman–Crippen LogP) is 3.92. The van der Waals surface area contributed by atoms with Crippen molar-refractivity contribution in [3.8, 4) is 5.75 Å². The number of rotatable bonds is 6. The van der Waals surface area contributed by atoms with E-state index in [-0.39, 0.29) is 12.5 Å². The second kappa shape index (κ2) is 9.01. The summed E-state index contributed by atoms with van der Waals surface area (Å²) in [4.78, 5) is 30.5. The molecule has 0 aliphatic rings. The largest absolute Gasteiger partial charge is 0.497 e. The minimum Gasteiger partial charge on any atom is -0.497 e.